The van der Waals surface area contributed by atoms with E-state index in [9.17, 15) is 15.0 Å². The smallest absolute Gasteiger partial charge is 0.262 e. The first-order valence-electron chi connectivity index (χ1n) is 6.72. The van der Waals surface area contributed by atoms with Gasteiger partial charge in [-0.2, -0.15) is 0 Å². The van der Waals surface area contributed by atoms with Crippen molar-refractivity contribution in [3.05, 3.63) is 48.0 Å². The number of anilines is 2. The van der Waals surface area contributed by atoms with Gasteiger partial charge in [-0.1, -0.05) is 18.2 Å². The van der Waals surface area contributed by atoms with E-state index in [2.05, 4.69) is 4.90 Å². The van der Waals surface area contributed by atoms with E-state index >= 15 is 0 Å². The molecule has 0 saturated heterocycles. The third-order valence-electron chi connectivity index (χ3n) is 3.73. The van der Waals surface area contributed by atoms with E-state index in [4.69, 9.17) is 0 Å². The fraction of sp³-hybridized carbons (Fsp3) is 0.188. The Labute approximate surface area is 122 Å². The van der Waals surface area contributed by atoms with Gasteiger partial charge in [-0.05, 0) is 24.3 Å². The quantitative estimate of drug-likeness (QED) is 0.788. The minimum absolute atomic E-state index is 0.106. The summed E-state index contributed by atoms with van der Waals surface area (Å²) in [5.74, 6) is -0.980. The molecular formula is C16H16N2O3. The SMILES string of the molecule is CN1CCN(C(=O)c2cccc(O)c2O)c2ccccc21. The number of phenolic OH excluding ortho intramolecular Hbond substituents is 2. The molecule has 5 nitrogen and oxygen atoms in total. The van der Waals surface area contributed by atoms with Crippen LogP contribution in [0.25, 0.3) is 0 Å². The summed E-state index contributed by atoms with van der Waals surface area (Å²) in [7, 11) is 1.98. The molecule has 0 atom stereocenters. The highest BCUT2D eigenvalue weighted by atomic mass is 16.3. The fourth-order valence-electron chi connectivity index (χ4n) is 2.57. The van der Waals surface area contributed by atoms with Crippen LogP contribution in [0.15, 0.2) is 42.5 Å². The zero-order valence-corrected chi connectivity index (χ0v) is 11.7. The summed E-state index contributed by atoms with van der Waals surface area (Å²) >= 11 is 0. The van der Waals surface area contributed by atoms with Gasteiger partial charge in [-0.15, -0.1) is 0 Å². The van der Waals surface area contributed by atoms with Gasteiger partial charge in [-0.25, -0.2) is 0 Å². The molecule has 2 aromatic rings. The van der Waals surface area contributed by atoms with Gasteiger partial charge >= 0.3 is 0 Å². The molecule has 0 bridgehead atoms. The molecule has 0 radical (unpaired) electrons. The number of para-hydroxylation sites is 3. The van der Waals surface area contributed by atoms with Gasteiger partial charge in [0.1, 0.15) is 0 Å². The number of aromatic hydroxyl groups is 2. The minimum atomic E-state index is -0.376. The minimum Gasteiger partial charge on any atom is -0.504 e. The molecule has 0 aliphatic carbocycles. The Balaban J connectivity index is 2.03. The second-order valence-corrected chi connectivity index (χ2v) is 5.04. The molecule has 2 aromatic carbocycles. The lowest BCUT2D eigenvalue weighted by Gasteiger charge is -2.35. The Morgan fingerprint density at radius 1 is 1.00 bits per heavy atom. The number of carbonyl (C=O) groups excluding carboxylic acids is 1. The van der Waals surface area contributed by atoms with E-state index in [0.717, 1.165) is 11.4 Å². The van der Waals surface area contributed by atoms with Crippen molar-refractivity contribution >= 4 is 17.3 Å². The largest absolute Gasteiger partial charge is 0.504 e. The lowest BCUT2D eigenvalue weighted by molar-refractivity contribution is 0.0983. The van der Waals surface area contributed by atoms with Crippen LogP contribution in [0.2, 0.25) is 0 Å². The van der Waals surface area contributed by atoms with Gasteiger partial charge in [0.05, 0.1) is 16.9 Å². The predicted molar refractivity (Wildman–Crippen MR) is 81.2 cm³/mol. The Hall–Kier alpha value is -2.69. The molecule has 0 unspecified atom stereocenters. The zero-order chi connectivity index (χ0) is 15.0. The van der Waals surface area contributed by atoms with E-state index in [1.165, 1.54) is 12.1 Å². The van der Waals surface area contributed by atoms with Crippen LogP contribution in [0.3, 0.4) is 0 Å². The number of hydrogen-bond donors (Lipinski definition) is 2. The first-order valence-corrected chi connectivity index (χ1v) is 6.72. The van der Waals surface area contributed by atoms with Gasteiger partial charge in [0.2, 0.25) is 0 Å². The van der Waals surface area contributed by atoms with Crippen LogP contribution >= 0.6 is 0 Å². The van der Waals surface area contributed by atoms with Crippen LogP contribution in [0.1, 0.15) is 10.4 Å². The molecule has 1 amide bonds. The lowest BCUT2D eigenvalue weighted by Crippen LogP contribution is -2.42. The highest BCUT2D eigenvalue weighted by Gasteiger charge is 2.27. The number of hydrogen-bond acceptors (Lipinski definition) is 4. The molecule has 1 heterocycles. The van der Waals surface area contributed by atoms with E-state index < -0.39 is 0 Å². The Morgan fingerprint density at radius 2 is 1.71 bits per heavy atom. The molecule has 0 saturated carbocycles. The van der Waals surface area contributed by atoms with Crippen LogP contribution in [-0.2, 0) is 0 Å². The first kappa shape index (κ1) is 13.3. The molecule has 5 heteroatoms. The maximum Gasteiger partial charge on any atom is 0.262 e. The highest BCUT2D eigenvalue weighted by molar-refractivity contribution is 6.10. The molecular weight excluding hydrogens is 268 g/mol. The molecule has 0 fully saturated rings. The van der Waals surface area contributed by atoms with Gasteiger partial charge in [-0.3, -0.25) is 4.79 Å². The van der Waals surface area contributed by atoms with Crippen molar-refractivity contribution in [1.82, 2.24) is 0 Å². The normalized spacial score (nSPS) is 14.0. The van der Waals surface area contributed by atoms with Crippen LogP contribution < -0.4 is 9.80 Å². The number of phenols is 2. The van der Waals surface area contributed by atoms with Crippen LogP contribution in [0, 0.1) is 0 Å². The summed E-state index contributed by atoms with van der Waals surface area (Å²) in [5.41, 5.74) is 1.88. The summed E-state index contributed by atoms with van der Waals surface area (Å²) in [6, 6.07) is 12.0. The number of rotatable bonds is 1. The lowest BCUT2D eigenvalue weighted by atomic mass is 10.1. The first-order chi connectivity index (χ1) is 10.1. The van der Waals surface area contributed by atoms with E-state index in [1.807, 2.05) is 31.3 Å². The highest BCUT2D eigenvalue weighted by Crippen LogP contribution is 2.35. The van der Waals surface area contributed by atoms with E-state index in [-0.39, 0.29) is 23.0 Å². The summed E-state index contributed by atoms with van der Waals surface area (Å²) in [6.07, 6.45) is 0. The van der Waals surface area contributed by atoms with Crippen LogP contribution in [0.4, 0.5) is 11.4 Å². The second kappa shape index (κ2) is 5.01. The topological polar surface area (TPSA) is 64.0 Å². The average Bonchev–Trinajstić information content (AvgIpc) is 2.50. The van der Waals surface area contributed by atoms with E-state index in [1.54, 1.807) is 11.0 Å². The molecule has 2 N–H and O–H groups in total. The average molecular weight is 284 g/mol. The van der Waals surface area contributed by atoms with Gasteiger partial charge < -0.3 is 20.0 Å². The van der Waals surface area contributed by atoms with Crippen molar-refractivity contribution in [2.45, 2.75) is 0 Å². The van der Waals surface area contributed by atoms with Gasteiger partial charge in [0.15, 0.2) is 11.5 Å². The number of benzene rings is 2. The number of amides is 1. The van der Waals surface area contributed by atoms with Crippen molar-refractivity contribution in [2.24, 2.45) is 0 Å². The molecule has 0 spiro atoms. The predicted octanol–water partition coefficient (Wildman–Crippen LogP) is 2.19. The van der Waals surface area contributed by atoms with Gasteiger partial charge in [0.25, 0.3) is 5.91 Å². The third kappa shape index (κ3) is 2.16. The van der Waals surface area contributed by atoms with Crippen LogP contribution in [0.5, 0.6) is 11.5 Å². The summed E-state index contributed by atoms with van der Waals surface area (Å²) in [4.78, 5) is 16.4. The Bertz CT molecular complexity index is 700. The number of nitrogens with zero attached hydrogens (tertiary/aromatic N) is 2. The standard InChI is InChI=1S/C16H16N2O3/c1-17-9-10-18(13-7-3-2-6-12(13)17)16(21)11-5-4-8-14(19)15(11)20/h2-8,19-20H,9-10H2,1H3. The molecule has 1 aliphatic heterocycles. The molecule has 3 rings (SSSR count). The van der Waals surface area contributed by atoms with Crippen LogP contribution in [-0.4, -0.2) is 36.3 Å². The molecule has 21 heavy (non-hydrogen) atoms. The monoisotopic (exact) mass is 284 g/mol. The maximum absolute atomic E-state index is 12.7. The van der Waals surface area contributed by atoms with E-state index in [0.29, 0.717) is 13.1 Å². The fourth-order valence-corrected chi connectivity index (χ4v) is 2.57. The molecule has 1 aliphatic rings. The van der Waals surface area contributed by atoms with Gasteiger partial charge in [0, 0.05) is 20.1 Å². The maximum atomic E-state index is 12.7. The van der Waals surface area contributed by atoms with Crippen molar-refractivity contribution in [3.63, 3.8) is 0 Å². The van der Waals surface area contributed by atoms with Crippen molar-refractivity contribution in [3.8, 4) is 11.5 Å². The summed E-state index contributed by atoms with van der Waals surface area (Å²) < 4.78 is 0. The number of carbonyl (C=O) groups is 1. The third-order valence-corrected chi connectivity index (χ3v) is 3.73. The second-order valence-electron chi connectivity index (χ2n) is 5.04. The summed E-state index contributed by atoms with van der Waals surface area (Å²) in [6.45, 7) is 1.24. The van der Waals surface area contributed by atoms with Crippen molar-refractivity contribution in [2.75, 3.05) is 29.9 Å². The van der Waals surface area contributed by atoms with Crippen molar-refractivity contribution in [1.29, 1.82) is 0 Å². The Morgan fingerprint density at radius 3 is 2.48 bits per heavy atom. The zero-order valence-electron chi connectivity index (χ0n) is 11.7. The van der Waals surface area contributed by atoms with Crippen molar-refractivity contribution < 1.29 is 15.0 Å². The number of fused-ring (bicyclic) bond motifs is 1. The number of likely N-dealkylation sites (N-methyl/N-ethyl adjacent to an activating group) is 1. The molecule has 108 valence electrons. The molecule has 0 aromatic heterocycles. The summed E-state index contributed by atoms with van der Waals surface area (Å²) in [5, 5.41) is 19.4. The Kier molecular flexibility index (Phi) is 3.17.